The van der Waals surface area contributed by atoms with Gasteiger partial charge in [0.2, 0.25) is 5.91 Å². The van der Waals surface area contributed by atoms with Crippen LogP contribution >= 0.6 is 0 Å². The van der Waals surface area contributed by atoms with Crippen molar-refractivity contribution in [2.75, 3.05) is 17.7 Å². The topological polar surface area (TPSA) is 66.6 Å². The fraction of sp³-hybridized carbons (Fsp3) is 0.267. The van der Waals surface area contributed by atoms with E-state index in [1.54, 1.807) is 18.0 Å². The van der Waals surface area contributed by atoms with E-state index >= 15 is 0 Å². The van der Waals surface area contributed by atoms with Crippen molar-refractivity contribution < 1.29 is 9.90 Å². The van der Waals surface area contributed by atoms with Gasteiger partial charge in [-0.25, -0.2) is 0 Å². The molecule has 2 aromatic carbocycles. The van der Waals surface area contributed by atoms with Gasteiger partial charge >= 0.3 is 0 Å². The molecule has 1 amide bonds. The highest BCUT2D eigenvalue weighted by Crippen LogP contribution is 2.38. The second kappa shape index (κ2) is 4.80. The summed E-state index contributed by atoms with van der Waals surface area (Å²) < 4.78 is 0. The van der Waals surface area contributed by atoms with Gasteiger partial charge < -0.3 is 15.7 Å². The fourth-order valence-electron chi connectivity index (χ4n) is 2.23. The highest BCUT2D eigenvalue weighted by molar-refractivity contribution is 6.10. The summed E-state index contributed by atoms with van der Waals surface area (Å²) in [5, 5.41) is 11.4. The number of nitrogens with zero attached hydrogens (tertiary/aromatic N) is 1. The van der Waals surface area contributed by atoms with Crippen molar-refractivity contribution in [3.63, 3.8) is 0 Å². The molecule has 0 saturated carbocycles. The number of fused-ring (bicyclic) bond motifs is 1. The first-order valence-electron chi connectivity index (χ1n) is 6.21. The van der Waals surface area contributed by atoms with Crippen molar-refractivity contribution in [1.29, 1.82) is 0 Å². The minimum Gasteiger partial charge on any atom is -0.507 e. The number of rotatable bonds is 2. The van der Waals surface area contributed by atoms with Gasteiger partial charge in [-0.2, -0.15) is 0 Å². The molecule has 0 aliphatic carbocycles. The summed E-state index contributed by atoms with van der Waals surface area (Å²) in [4.78, 5) is 13.7. The van der Waals surface area contributed by atoms with Crippen molar-refractivity contribution in [2.24, 2.45) is 5.92 Å². The molecule has 2 rings (SSSR count). The summed E-state index contributed by atoms with van der Waals surface area (Å²) >= 11 is 0. The Bertz CT molecular complexity index is 635. The van der Waals surface area contributed by atoms with Crippen molar-refractivity contribution in [3.8, 4) is 5.75 Å². The van der Waals surface area contributed by atoms with Gasteiger partial charge in [-0.05, 0) is 0 Å². The molecule has 0 bridgehead atoms. The van der Waals surface area contributed by atoms with E-state index in [-0.39, 0.29) is 17.6 Å². The summed E-state index contributed by atoms with van der Waals surface area (Å²) in [6.45, 7) is 3.69. The standard InChI is InChI=1S/C15H18N2O2/c1-9(2)15(19)17(3)14-11-7-5-4-6-10(11)13(18)8-12(14)16/h4-9,18H,16H2,1-3H3. The van der Waals surface area contributed by atoms with Crippen LogP contribution in [0, 0.1) is 5.92 Å². The SMILES string of the molecule is CC(C)C(=O)N(C)c1c(N)cc(O)c2ccccc12. The Kier molecular flexibility index (Phi) is 3.34. The number of aromatic hydroxyl groups is 1. The number of phenols is 1. The third-order valence-electron chi connectivity index (χ3n) is 3.18. The molecule has 100 valence electrons. The molecule has 0 radical (unpaired) electrons. The Balaban J connectivity index is 2.69. The van der Waals surface area contributed by atoms with E-state index in [0.29, 0.717) is 16.8 Å². The van der Waals surface area contributed by atoms with Gasteiger partial charge in [0.25, 0.3) is 0 Å². The summed E-state index contributed by atoms with van der Waals surface area (Å²) in [6.07, 6.45) is 0. The molecular weight excluding hydrogens is 240 g/mol. The monoisotopic (exact) mass is 258 g/mol. The van der Waals surface area contributed by atoms with Gasteiger partial charge in [0.1, 0.15) is 5.75 Å². The van der Waals surface area contributed by atoms with E-state index in [1.807, 2.05) is 32.0 Å². The summed E-state index contributed by atoms with van der Waals surface area (Å²) in [5.74, 6) is 0.00162. The first-order chi connectivity index (χ1) is 8.93. The van der Waals surface area contributed by atoms with E-state index in [0.717, 1.165) is 5.39 Å². The minimum absolute atomic E-state index is 0.0115. The number of nitrogens with two attached hydrogens (primary N) is 1. The summed E-state index contributed by atoms with van der Waals surface area (Å²) in [7, 11) is 1.71. The molecule has 0 aromatic heterocycles. The van der Waals surface area contributed by atoms with E-state index in [9.17, 15) is 9.90 Å². The van der Waals surface area contributed by atoms with E-state index in [2.05, 4.69) is 0 Å². The summed E-state index contributed by atoms with van der Waals surface area (Å²) in [6, 6.07) is 8.85. The molecule has 3 N–H and O–H groups in total. The Hall–Kier alpha value is -2.23. The van der Waals surface area contributed by atoms with Crippen molar-refractivity contribution in [2.45, 2.75) is 13.8 Å². The maximum Gasteiger partial charge on any atom is 0.229 e. The Labute approximate surface area is 112 Å². The van der Waals surface area contributed by atoms with Crippen LogP contribution in [-0.4, -0.2) is 18.1 Å². The number of amides is 1. The van der Waals surface area contributed by atoms with Crippen LogP contribution in [0.5, 0.6) is 5.75 Å². The molecule has 0 atom stereocenters. The highest BCUT2D eigenvalue weighted by atomic mass is 16.3. The molecule has 4 nitrogen and oxygen atoms in total. The van der Waals surface area contributed by atoms with Gasteiger partial charge in [0, 0.05) is 29.8 Å². The largest absolute Gasteiger partial charge is 0.507 e. The minimum atomic E-state index is -0.114. The Morgan fingerprint density at radius 2 is 1.84 bits per heavy atom. The zero-order chi connectivity index (χ0) is 14.2. The molecule has 0 unspecified atom stereocenters. The van der Waals surface area contributed by atoms with Crippen LogP contribution in [0.2, 0.25) is 0 Å². The lowest BCUT2D eigenvalue weighted by atomic mass is 10.0. The van der Waals surface area contributed by atoms with Gasteiger partial charge in [-0.15, -0.1) is 0 Å². The molecule has 0 aliphatic rings. The van der Waals surface area contributed by atoms with Crippen molar-refractivity contribution in [1.82, 2.24) is 0 Å². The highest BCUT2D eigenvalue weighted by Gasteiger charge is 2.20. The number of anilines is 2. The third-order valence-corrected chi connectivity index (χ3v) is 3.18. The molecular formula is C15H18N2O2. The van der Waals surface area contributed by atoms with Crippen LogP contribution in [0.3, 0.4) is 0 Å². The van der Waals surface area contributed by atoms with Crippen molar-refractivity contribution in [3.05, 3.63) is 30.3 Å². The number of phenolic OH excluding ortho intramolecular Hbond substituents is 1. The molecule has 0 aliphatic heterocycles. The van der Waals surface area contributed by atoms with Crippen LogP contribution < -0.4 is 10.6 Å². The predicted molar refractivity (Wildman–Crippen MR) is 78.3 cm³/mol. The lowest BCUT2D eigenvalue weighted by Crippen LogP contribution is -2.31. The number of hydrogen-bond acceptors (Lipinski definition) is 3. The number of carbonyl (C=O) groups is 1. The van der Waals surface area contributed by atoms with E-state index in [1.165, 1.54) is 6.07 Å². The normalized spacial score (nSPS) is 10.9. The number of benzene rings is 2. The average molecular weight is 258 g/mol. The Morgan fingerprint density at radius 1 is 1.26 bits per heavy atom. The first kappa shape index (κ1) is 13.2. The van der Waals surface area contributed by atoms with Gasteiger partial charge in [-0.3, -0.25) is 4.79 Å². The van der Waals surface area contributed by atoms with Gasteiger partial charge in [0.05, 0.1) is 11.4 Å². The quantitative estimate of drug-likeness (QED) is 0.814. The van der Waals surface area contributed by atoms with Crippen LogP contribution in [0.15, 0.2) is 30.3 Å². The van der Waals surface area contributed by atoms with Crippen LogP contribution in [0.4, 0.5) is 11.4 Å². The molecule has 4 heteroatoms. The lowest BCUT2D eigenvalue weighted by Gasteiger charge is -2.23. The smallest absolute Gasteiger partial charge is 0.229 e. The van der Waals surface area contributed by atoms with E-state index in [4.69, 9.17) is 5.73 Å². The number of carbonyl (C=O) groups excluding carboxylic acids is 1. The molecule has 0 spiro atoms. The Morgan fingerprint density at radius 3 is 2.42 bits per heavy atom. The summed E-state index contributed by atoms with van der Waals surface area (Å²) in [5.41, 5.74) is 7.01. The van der Waals surface area contributed by atoms with Gasteiger partial charge in [0.15, 0.2) is 0 Å². The number of hydrogen-bond donors (Lipinski definition) is 2. The predicted octanol–water partition coefficient (Wildman–Crippen LogP) is 2.75. The zero-order valence-corrected chi connectivity index (χ0v) is 11.3. The van der Waals surface area contributed by atoms with Crippen LogP contribution in [0.1, 0.15) is 13.8 Å². The molecule has 0 fully saturated rings. The third kappa shape index (κ3) is 2.21. The lowest BCUT2D eigenvalue weighted by molar-refractivity contribution is -0.121. The van der Waals surface area contributed by atoms with E-state index < -0.39 is 0 Å². The maximum atomic E-state index is 12.1. The van der Waals surface area contributed by atoms with Crippen LogP contribution in [-0.2, 0) is 4.79 Å². The first-order valence-corrected chi connectivity index (χ1v) is 6.21. The molecule has 2 aromatic rings. The molecule has 19 heavy (non-hydrogen) atoms. The molecule has 0 saturated heterocycles. The molecule has 0 heterocycles. The zero-order valence-electron chi connectivity index (χ0n) is 11.3. The number of nitrogen functional groups attached to an aromatic ring is 1. The average Bonchev–Trinajstić information content (AvgIpc) is 2.37. The van der Waals surface area contributed by atoms with Gasteiger partial charge in [-0.1, -0.05) is 38.1 Å². The second-order valence-electron chi connectivity index (χ2n) is 4.93. The maximum absolute atomic E-state index is 12.1. The van der Waals surface area contributed by atoms with Crippen molar-refractivity contribution >= 4 is 28.1 Å². The fourth-order valence-corrected chi connectivity index (χ4v) is 2.23. The second-order valence-corrected chi connectivity index (χ2v) is 4.93. The van der Waals surface area contributed by atoms with Crippen LogP contribution in [0.25, 0.3) is 10.8 Å².